The zero-order valence-electron chi connectivity index (χ0n) is 16.2. The lowest BCUT2D eigenvalue weighted by atomic mass is 10.1. The lowest BCUT2D eigenvalue weighted by molar-refractivity contribution is -0.152. The zero-order chi connectivity index (χ0) is 20.8. The van der Waals surface area contributed by atoms with Gasteiger partial charge in [-0.15, -0.1) is 0 Å². The first-order valence-electron chi connectivity index (χ1n) is 9.17. The summed E-state index contributed by atoms with van der Waals surface area (Å²) >= 11 is 0. The van der Waals surface area contributed by atoms with E-state index in [1.807, 2.05) is 13.0 Å². The molecule has 0 spiro atoms. The minimum Gasteiger partial charge on any atom is -0.486 e. The van der Waals surface area contributed by atoms with Gasteiger partial charge in [-0.2, -0.15) is 0 Å². The van der Waals surface area contributed by atoms with Crippen molar-refractivity contribution >= 4 is 23.5 Å². The van der Waals surface area contributed by atoms with Crippen molar-refractivity contribution in [3.05, 3.63) is 53.6 Å². The third-order valence-electron chi connectivity index (χ3n) is 4.16. The number of anilines is 1. The van der Waals surface area contributed by atoms with Crippen LogP contribution in [0.4, 0.5) is 5.69 Å². The number of fused-ring (bicyclic) bond motifs is 1. The normalized spacial score (nSPS) is 13.2. The molecule has 8 heteroatoms. The average Bonchev–Trinajstić information content (AvgIpc) is 2.71. The van der Waals surface area contributed by atoms with Gasteiger partial charge in [-0.1, -0.05) is 17.7 Å². The predicted octanol–water partition coefficient (Wildman–Crippen LogP) is 2.07. The molecule has 29 heavy (non-hydrogen) atoms. The van der Waals surface area contributed by atoms with Gasteiger partial charge in [-0.3, -0.25) is 14.4 Å². The third kappa shape index (κ3) is 5.47. The average molecular weight is 398 g/mol. The third-order valence-corrected chi connectivity index (χ3v) is 4.16. The van der Waals surface area contributed by atoms with Crippen molar-refractivity contribution in [1.29, 1.82) is 0 Å². The van der Waals surface area contributed by atoms with Crippen LogP contribution in [0.2, 0.25) is 0 Å². The summed E-state index contributed by atoms with van der Waals surface area (Å²) in [6.07, 6.45) is -1.04. The van der Waals surface area contributed by atoms with Crippen LogP contribution < -0.4 is 20.1 Å². The summed E-state index contributed by atoms with van der Waals surface area (Å²) in [5, 5.41) is 5.13. The maximum Gasteiger partial charge on any atom is 0.326 e. The Hall–Kier alpha value is -3.55. The Morgan fingerprint density at radius 3 is 2.59 bits per heavy atom. The topological polar surface area (TPSA) is 103 Å². The maximum absolute atomic E-state index is 12.3. The van der Waals surface area contributed by atoms with Crippen LogP contribution in [0.1, 0.15) is 22.8 Å². The van der Waals surface area contributed by atoms with Gasteiger partial charge < -0.3 is 24.8 Å². The minimum absolute atomic E-state index is 0.339. The van der Waals surface area contributed by atoms with Gasteiger partial charge in [0.15, 0.2) is 17.6 Å². The van der Waals surface area contributed by atoms with Crippen molar-refractivity contribution in [3.63, 3.8) is 0 Å². The zero-order valence-corrected chi connectivity index (χ0v) is 16.2. The van der Waals surface area contributed by atoms with E-state index < -0.39 is 18.0 Å². The van der Waals surface area contributed by atoms with Crippen LogP contribution in [0.5, 0.6) is 11.5 Å². The molecule has 0 aromatic heterocycles. The molecule has 1 aliphatic heterocycles. The van der Waals surface area contributed by atoms with E-state index in [1.54, 1.807) is 36.4 Å². The van der Waals surface area contributed by atoms with Crippen LogP contribution in [-0.2, 0) is 14.3 Å². The van der Waals surface area contributed by atoms with E-state index in [0.29, 0.717) is 36.0 Å². The molecule has 152 valence electrons. The van der Waals surface area contributed by atoms with Crippen molar-refractivity contribution in [3.8, 4) is 11.5 Å². The molecule has 2 N–H and O–H groups in total. The molecule has 3 rings (SSSR count). The summed E-state index contributed by atoms with van der Waals surface area (Å²) in [6, 6.07) is 12.0. The summed E-state index contributed by atoms with van der Waals surface area (Å²) in [4.78, 5) is 36.3. The fraction of sp³-hybridized carbons (Fsp3) is 0.286. The molecule has 0 fully saturated rings. The molecule has 1 aliphatic rings. The number of hydrogen-bond donors (Lipinski definition) is 2. The lowest BCUT2D eigenvalue weighted by Crippen LogP contribution is -2.35. The molecule has 0 bridgehead atoms. The second-order valence-electron chi connectivity index (χ2n) is 6.53. The van der Waals surface area contributed by atoms with Gasteiger partial charge in [-0.25, -0.2) is 0 Å². The number of hydrogen-bond acceptors (Lipinski definition) is 6. The number of nitrogens with one attached hydrogen (secondary N) is 2. The molecule has 0 radical (unpaired) electrons. The molecule has 1 unspecified atom stereocenters. The number of esters is 1. The molecule has 0 aliphatic carbocycles. The second-order valence-corrected chi connectivity index (χ2v) is 6.53. The Bertz CT molecular complexity index is 927. The van der Waals surface area contributed by atoms with E-state index in [2.05, 4.69) is 10.6 Å². The van der Waals surface area contributed by atoms with Crippen molar-refractivity contribution in [2.45, 2.75) is 20.0 Å². The highest BCUT2D eigenvalue weighted by atomic mass is 16.6. The number of amides is 2. The number of ether oxygens (including phenoxy) is 3. The van der Waals surface area contributed by atoms with Crippen molar-refractivity contribution < 1.29 is 28.6 Å². The van der Waals surface area contributed by atoms with Crippen LogP contribution >= 0.6 is 0 Å². The summed E-state index contributed by atoms with van der Waals surface area (Å²) in [7, 11) is 0. The molecule has 1 atom stereocenters. The Morgan fingerprint density at radius 1 is 1.07 bits per heavy atom. The summed E-state index contributed by atoms with van der Waals surface area (Å²) in [5.41, 5.74) is 1.88. The molecular formula is C21H22N2O6. The quantitative estimate of drug-likeness (QED) is 0.722. The highest BCUT2D eigenvalue weighted by molar-refractivity contribution is 5.97. The predicted molar refractivity (Wildman–Crippen MR) is 105 cm³/mol. The minimum atomic E-state index is -1.04. The van der Waals surface area contributed by atoms with E-state index in [4.69, 9.17) is 14.2 Å². The first-order valence-corrected chi connectivity index (χ1v) is 9.17. The molecule has 1 heterocycles. The van der Waals surface area contributed by atoms with Gasteiger partial charge in [0, 0.05) is 17.3 Å². The molecular weight excluding hydrogens is 376 g/mol. The van der Waals surface area contributed by atoms with E-state index in [0.717, 1.165) is 5.56 Å². The largest absolute Gasteiger partial charge is 0.486 e. The Labute approximate surface area is 168 Å². The summed E-state index contributed by atoms with van der Waals surface area (Å²) in [6.45, 7) is 3.90. The summed E-state index contributed by atoms with van der Waals surface area (Å²) < 4.78 is 16.0. The molecule has 8 nitrogen and oxygen atoms in total. The number of rotatable bonds is 6. The number of benzene rings is 2. The fourth-order valence-corrected chi connectivity index (χ4v) is 2.70. The van der Waals surface area contributed by atoms with Gasteiger partial charge in [0.1, 0.15) is 19.8 Å². The van der Waals surface area contributed by atoms with E-state index in [-0.39, 0.29) is 12.5 Å². The maximum atomic E-state index is 12.3. The van der Waals surface area contributed by atoms with Gasteiger partial charge in [-0.05, 0) is 38.1 Å². The Balaban J connectivity index is 1.47. The van der Waals surface area contributed by atoms with E-state index >= 15 is 0 Å². The van der Waals surface area contributed by atoms with Gasteiger partial charge in [0.05, 0.1) is 0 Å². The molecule has 2 aromatic carbocycles. The van der Waals surface area contributed by atoms with E-state index in [1.165, 1.54) is 6.92 Å². The monoisotopic (exact) mass is 398 g/mol. The van der Waals surface area contributed by atoms with Crippen molar-refractivity contribution in [2.24, 2.45) is 0 Å². The Morgan fingerprint density at radius 2 is 1.83 bits per heavy atom. The van der Waals surface area contributed by atoms with Crippen LogP contribution in [0.25, 0.3) is 0 Å². The first-order chi connectivity index (χ1) is 13.9. The van der Waals surface area contributed by atoms with Crippen LogP contribution in [0, 0.1) is 6.92 Å². The van der Waals surface area contributed by atoms with Crippen LogP contribution in [0.15, 0.2) is 42.5 Å². The molecule has 2 amide bonds. The van der Waals surface area contributed by atoms with Crippen molar-refractivity contribution in [1.82, 2.24) is 5.32 Å². The summed E-state index contributed by atoms with van der Waals surface area (Å²) in [5.74, 6) is -0.453. The van der Waals surface area contributed by atoms with Gasteiger partial charge in [0.25, 0.3) is 11.8 Å². The number of carbonyl (C=O) groups is 3. The van der Waals surface area contributed by atoms with Crippen LogP contribution in [-0.4, -0.2) is 43.6 Å². The fourth-order valence-electron chi connectivity index (χ4n) is 2.70. The second kappa shape index (κ2) is 9.09. The highest BCUT2D eigenvalue weighted by Gasteiger charge is 2.20. The molecule has 0 saturated carbocycles. The van der Waals surface area contributed by atoms with Crippen LogP contribution in [0.3, 0.4) is 0 Å². The first kappa shape index (κ1) is 20.2. The van der Waals surface area contributed by atoms with Gasteiger partial charge in [0.2, 0.25) is 0 Å². The number of carbonyl (C=O) groups excluding carboxylic acids is 3. The SMILES string of the molecule is Cc1cccc(C(=O)NCC(=O)OC(C)C(=O)Nc2ccc3c(c2)OCCO3)c1. The molecule has 0 saturated heterocycles. The smallest absolute Gasteiger partial charge is 0.326 e. The number of aryl methyl sites for hydroxylation is 1. The van der Waals surface area contributed by atoms with E-state index in [9.17, 15) is 14.4 Å². The van der Waals surface area contributed by atoms with Crippen molar-refractivity contribution in [2.75, 3.05) is 25.1 Å². The lowest BCUT2D eigenvalue weighted by Gasteiger charge is -2.19. The standard InChI is InChI=1S/C21H22N2O6/c1-13-4-3-5-15(10-13)21(26)22-12-19(24)29-14(2)20(25)23-16-6-7-17-18(11-16)28-9-8-27-17/h3-7,10-11,14H,8-9,12H2,1-2H3,(H,22,26)(H,23,25). The Kier molecular flexibility index (Phi) is 6.33. The highest BCUT2D eigenvalue weighted by Crippen LogP contribution is 2.32. The molecule has 2 aromatic rings. The van der Waals surface area contributed by atoms with Gasteiger partial charge >= 0.3 is 5.97 Å².